The van der Waals surface area contributed by atoms with Gasteiger partial charge in [-0.25, -0.2) is 24.9 Å². The molecule has 10 atom stereocenters. The molecule has 192 valence electrons. The molecule has 0 radical (unpaired) electrons. The van der Waals surface area contributed by atoms with E-state index in [4.69, 9.17) is 65.3 Å². The SMILES string of the molecule is O=NP(=O)(O)O.OC[C@H]1OC(OO)[C@H](O)[C@@H](O)[C@@H]1O.OC[C@H]1OC(OO)[C@H](O)[C@@H](O)[C@@H]1O. The van der Waals surface area contributed by atoms with Crippen molar-refractivity contribution in [2.24, 2.45) is 4.95 Å². The summed E-state index contributed by atoms with van der Waals surface area (Å²) in [5.41, 5.74) is 0. The van der Waals surface area contributed by atoms with Gasteiger partial charge in [0.05, 0.1) is 13.2 Å². The predicted molar refractivity (Wildman–Crippen MR) is 92.8 cm³/mol. The van der Waals surface area contributed by atoms with E-state index in [2.05, 4.69) is 9.78 Å². The Hall–Kier alpha value is -0.810. The molecule has 0 amide bonds. The van der Waals surface area contributed by atoms with E-state index in [1.807, 2.05) is 0 Å². The Labute approximate surface area is 178 Å². The summed E-state index contributed by atoms with van der Waals surface area (Å²) in [5.74, 6) is 0. The largest absolute Gasteiger partial charge is 0.484 e. The molecule has 2 unspecified atom stereocenters. The van der Waals surface area contributed by atoms with Gasteiger partial charge in [-0.15, -0.1) is 4.91 Å². The summed E-state index contributed by atoms with van der Waals surface area (Å²) < 4.78 is 18.6. The average Bonchev–Trinajstić information content (AvgIpc) is 2.77. The summed E-state index contributed by atoms with van der Waals surface area (Å²) in [6, 6.07) is 0. The van der Waals surface area contributed by atoms with Gasteiger partial charge in [-0.2, -0.15) is 0 Å². The molecule has 2 aliphatic rings. The Morgan fingerprint density at radius 1 is 0.688 bits per heavy atom. The zero-order valence-corrected chi connectivity index (χ0v) is 16.8. The number of nitrogens with zero attached hydrogens (tertiary/aromatic N) is 1. The molecule has 2 rings (SSSR count). The second kappa shape index (κ2) is 14.5. The molecule has 0 spiro atoms. The van der Waals surface area contributed by atoms with Crippen LogP contribution < -0.4 is 0 Å². The third-order valence-corrected chi connectivity index (χ3v) is 4.22. The fraction of sp³-hybridized carbons (Fsp3) is 1.00. The van der Waals surface area contributed by atoms with Gasteiger partial charge in [0.2, 0.25) is 12.6 Å². The van der Waals surface area contributed by atoms with Gasteiger partial charge in [-0.3, -0.25) is 0 Å². The summed E-state index contributed by atoms with van der Waals surface area (Å²) in [6.07, 6.45) is -14.1. The highest BCUT2D eigenvalue weighted by Gasteiger charge is 2.45. The molecule has 0 bridgehead atoms. The summed E-state index contributed by atoms with van der Waals surface area (Å²) in [4.78, 5) is 32.6. The van der Waals surface area contributed by atoms with Crippen molar-refractivity contribution in [3.05, 3.63) is 4.91 Å². The highest BCUT2D eigenvalue weighted by molar-refractivity contribution is 7.50. The van der Waals surface area contributed by atoms with Crippen LogP contribution in [-0.4, -0.2) is 136 Å². The van der Waals surface area contributed by atoms with Crippen molar-refractivity contribution in [1.82, 2.24) is 0 Å². The number of aliphatic hydroxyl groups excluding tert-OH is 8. The molecule has 0 aromatic rings. The number of hydrogen-bond donors (Lipinski definition) is 12. The van der Waals surface area contributed by atoms with Crippen molar-refractivity contribution in [1.29, 1.82) is 0 Å². The molecule has 0 aromatic heterocycles. The van der Waals surface area contributed by atoms with Crippen LogP contribution in [0.3, 0.4) is 0 Å². The quantitative estimate of drug-likeness (QED) is 0.0719. The van der Waals surface area contributed by atoms with E-state index >= 15 is 0 Å². The van der Waals surface area contributed by atoms with Crippen molar-refractivity contribution in [2.45, 2.75) is 61.4 Å². The smallest absolute Gasteiger partial charge is 0.394 e. The molecule has 20 heteroatoms. The van der Waals surface area contributed by atoms with Crippen LogP contribution in [0.5, 0.6) is 0 Å². The molecular weight excluding hydrogens is 477 g/mol. The molecule has 2 fully saturated rings. The number of nitroso groups, excluding NO2 is 1. The molecule has 0 aliphatic carbocycles. The monoisotopic (exact) mass is 503 g/mol. The first-order valence-electron chi connectivity index (χ1n) is 8.41. The van der Waals surface area contributed by atoms with Crippen molar-refractivity contribution in [2.75, 3.05) is 13.2 Å². The third-order valence-electron chi connectivity index (χ3n) is 4.01. The first-order valence-corrected chi connectivity index (χ1v) is 9.97. The van der Waals surface area contributed by atoms with Crippen LogP contribution >= 0.6 is 7.75 Å². The number of ether oxygens (including phenoxy) is 2. The number of hydrogen-bond acceptors (Lipinski definition) is 16. The minimum Gasteiger partial charge on any atom is -0.394 e. The van der Waals surface area contributed by atoms with Crippen LogP contribution in [0.4, 0.5) is 0 Å². The summed E-state index contributed by atoms with van der Waals surface area (Å²) in [7, 11) is -4.58. The van der Waals surface area contributed by atoms with Gasteiger partial charge in [0.1, 0.15) is 48.8 Å². The second-order valence-corrected chi connectivity index (χ2v) is 7.39. The van der Waals surface area contributed by atoms with Crippen molar-refractivity contribution < 1.29 is 85.0 Å². The van der Waals surface area contributed by atoms with Gasteiger partial charge in [0.15, 0.2) is 0 Å². The van der Waals surface area contributed by atoms with Crippen LogP contribution in [0.1, 0.15) is 0 Å². The van der Waals surface area contributed by atoms with Gasteiger partial charge in [0, 0.05) is 4.95 Å². The van der Waals surface area contributed by atoms with Crippen molar-refractivity contribution in [3.63, 3.8) is 0 Å². The van der Waals surface area contributed by atoms with Gasteiger partial charge in [0.25, 0.3) is 0 Å². The first-order chi connectivity index (χ1) is 14.8. The molecule has 2 heterocycles. The van der Waals surface area contributed by atoms with Crippen LogP contribution in [0.2, 0.25) is 0 Å². The zero-order valence-electron chi connectivity index (χ0n) is 15.9. The van der Waals surface area contributed by atoms with Gasteiger partial charge < -0.3 is 60.1 Å². The fourth-order valence-corrected chi connectivity index (χ4v) is 2.31. The summed E-state index contributed by atoms with van der Waals surface area (Å²) in [6.45, 7) is -1.10. The lowest BCUT2D eigenvalue weighted by Crippen LogP contribution is -2.58. The fourth-order valence-electron chi connectivity index (χ4n) is 2.31. The molecule has 0 aromatic carbocycles. The molecule has 12 N–H and O–H groups in total. The second-order valence-electron chi connectivity index (χ2n) is 6.20. The molecule has 2 saturated heterocycles. The maximum absolute atomic E-state index is 9.22. The van der Waals surface area contributed by atoms with E-state index < -0.39 is 82.4 Å². The summed E-state index contributed by atoms with van der Waals surface area (Å²) in [5, 5.41) is 88.7. The third kappa shape index (κ3) is 9.21. The first kappa shape index (κ1) is 31.2. The van der Waals surface area contributed by atoms with Crippen LogP contribution in [0, 0.1) is 4.91 Å². The van der Waals surface area contributed by atoms with Crippen molar-refractivity contribution >= 4 is 7.75 Å². The van der Waals surface area contributed by atoms with Crippen LogP contribution in [-0.2, 0) is 23.8 Å². The van der Waals surface area contributed by atoms with E-state index in [-0.39, 0.29) is 0 Å². The maximum Gasteiger partial charge on any atom is 0.484 e. The highest BCUT2D eigenvalue weighted by atomic mass is 31.2. The van der Waals surface area contributed by atoms with E-state index in [9.17, 15) is 14.8 Å². The molecule has 19 nitrogen and oxygen atoms in total. The Morgan fingerprint density at radius 2 is 0.969 bits per heavy atom. The maximum atomic E-state index is 9.22. The van der Waals surface area contributed by atoms with Gasteiger partial charge in [-0.05, 0) is 0 Å². The van der Waals surface area contributed by atoms with E-state index in [1.165, 1.54) is 4.95 Å². The standard InChI is InChI=1S/2C6H12O7.H2NO4P/c2*7-1-2-3(8)4(9)5(10)6(12-2)13-11;2-1-6(3,4)5/h2*2-11H,1H2;(H2,3,4,5)/t2*2-,3-,4+,5-,6?;/m11./s1. The minimum absolute atomic E-state index is 0.551. The lowest BCUT2D eigenvalue weighted by molar-refractivity contribution is -0.404. The Kier molecular flexibility index (Phi) is 14.1. The summed E-state index contributed by atoms with van der Waals surface area (Å²) >= 11 is 0. The molecule has 32 heavy (non-hydrogen) atoms. The zero-order chi connectivity index (χ0) is 25.2. The Balaban J connectivity index is 0.000000484. The van der Waals surface area contributed by atoms with Gasteiger partial charge >= 0.3 is 7.75 Å². The normalized spacial score (nSPS) is 39.8. The minimum atomic E-state index is -4.58. The average molecular weight is 503 g/mol. The molecule has 2 aliphatic heterocycles. The lowest BCUT2D eigenvalue weighted by atomic mass is 9.99. The molecular formula is C12H26NO18P. The van der Waals surface area contributed by atoms with Gasteiger partial charge in [-0.1, -0.05) is 0 Å². The molecule has 0 saturated carbocycles. The van der Waals surface area contributed by atoms with Crippen molar-refractivity contribution in [3.8, 4) is 0 Å². The number of rotatable bonds is 5. The van der Waals surface area contributed by atoms with E-state index in [0.29, 0.717) is 0 Å². The topological polar surface area (TPSA) is 326 Å². The van der Waals surface area contributed by atoms with Crippen LogP contribution in [0.15, 0.2) is 4.95 Å². The lowest BCUT2D eigenvalue weighted by Gasteiger charge is -2.37. The highest BCUT2D eigenvalue weighted by Crippen LogP contribution is 2.34. The Morgan fingerprint density at radius 3 is 1.16 bits per heavy atom. The Bertz CT molecular complexity index is 502. The van der Waals surface area contributed by atoms with E-state index in [1.54, 1.807) is 0 Å². The number of aliphatic hydroxyl groups is 8. The van der Waals surface area contributed by atoms with E-state index in [0.717, 1.165) is 0 Å². The van der Waals surface area contributed by atoms with Crippen LogP contribution in [0.25, 0.3) is 0 Å². The predicted octanol–water partition coefficient (Wildman–Crippen LogP) is -5.60.